The van der Waals surface area contributed by atoms with Crippen molar-refractivity contribution in [2.24, 2.45) is 5.92 Å². The summed E-state index contributed by atoms with van der Waals surface area (Å²) in [7, 11) is 0. The summed E-state index contributed by atoms with van der Waals surface area (Å²) in [5.41, 5.74) is 3.35. The normalized spacial score (nSPS) is 15.4. The maximum Gasteiger partial charge on any atom is 0.229 e. The summed E-state index contributed by atoms with van der Waals surface area (Å²) >= 11 is 7.67. The van der Waals surface area contributed by atoms with E-state index in [1.54, 1.807) is 0 Å². The van der Waals surface area contributed by atoms with Gasteiger partial charge in [0.25, 0.3) is 0 Å². The number of nitrogens with zero attached hydrogens (tertiary/aromatic N) is 3. The second kappa shape index (κ2) is 9.03. The molecule has 7 heteroatoms. The fourth-order valence-corrected chi connectivity index (χ4v) is 4.46. The summed E-state index contributed by atoms with van der Waals surface area (Å²) in [5, 5.41) is 13.5. The van der Waals surface area contributed by atoms with Crippen molar-refractivity contribution >= 4 is 34.0 Å². The van der Waals surface area contributed by atoms with E-state index >= 15 is 0 Å². The number of hydrogen-bond acceptors (Lipinski definition) is 5. The number of aromatic nitrogens is 2. The molecule has 0 bridgehead atoms. The van der Waals surface area contributed by atoms with Crippen LogP contribution in [0, 0.1) is 12.8 Å². The molecule has 1 saturated heterocycles. The maximum atomic E-state index is 12.7. The van der Waals surface area contributed by atoms with Gasteiger partial charge in [-0.2, -0.15) is 0 Å². The van der Waals surface area contributed by atoms with E-state index in [1.807, 2.05) is 42.5 Å². The van der Waals surface area contributed by atoms with Crippen molar-refractivity contribution in [2.75, 3.05) is 18.4 Å². The number of hydrogen-bond donors (Lipinski definition) is 1. The molecular formula is C22H23ClN4OS. The summed E-state index contributed by atoms with van der Waals surface area (Å²) in [4.78, 5) is 15.0. The van der Waals surface area contributed by atoms with Crippen molar-refractivity contribution < 1.29 is 4.79 Å². The van der Waals surface area contributed by atoms with E-state index in [4.69, 9.17) is 11.6 Å². The van der Waals surface area contributed by atoms with Crippen LogP contribution in [0.5, 0.6) is 0 Å². The number of rotatable bonds is 5. The molecule has 1 amide bonds. The van der Waals surface area contributed by atoms with Crippen molar-refractivity contribution in [1.29, 1.82) is 0 Å². The predicted molar refractivity (Wildman–Crippen MR) is 118 cm³/mol. The third-order valence-electron chi connectivity index (χ3n) is 5.26. The molecule has 29 heavy (non-hydrogen) atoms. The fourth-order valence-electron chi connectivity index (χ4n) is 3.51. The van der Waals surface area contributed by atoms with Crippen molar-refractivity contribution in [3.63, 3.8) is 0 Å². The van der Waals surface area contributed by atoms with Gasteiger partial charge in [-0.3, -0.25) is 9.69 Å². The molecule has 0 atom stereocenters. The van der Waals surface area contributed by atoms with Gasteiger partial charge in [-0.05, 0) is 44.5 Å². The molecule has 150 valence electrons. The molecule has 3 aromatic rings. The standard InChI is InChI=1S/C22H23ClN4OS/c1-15-6-8-17(9-7-15)21-25-26-22(29-21)24-20(28)16-10-12-27(13-11-16)14-18-4-2-3-5-19(18)23/h2-9,16H,10-14H2,1H3,(H,24,26,28). The van der Waals surface area contributed by atoms with Crippen molar-refractivity contribution in [2.45, 2.75) is 26.3 Å². The monoisotopic (exact) mass is 426 g/mol. The molecule has 0 spiro atoms. The van der Waals surface area contributed by atoms with Crippen LogP contribution in [0.25, 0.3) is 10.6 Å². The molecule has 0 unspecified atom stereocenters. The van der Waals surface area contributed by atoms with Gasteiger partial charge in [0.2, 0.25) is 11.0 Å². The Bertz CT molecular complexity index is 980. The van der Waals surface area contributed by atoms with Gasteiger partial charge < -0.3 is 5.32 Å². The highest BCUT2D eigenvalue weighted by Gasteiger charge is 2.26. The van der Waals surface area contributed by atoms with Gasteiger partial charge in [0, 0.05) is 23.0 Å². The molecule has 0 saturated carbocycles. The van der Waals surface area contributed by atoms with E-state index in [9.17, 15) is 4.79 Å². The molecule has 2 heterocycles. The lowest BCUT2D eigenvalue weighted by molar-refractivity contribution is -0.121. The van der Waals surface area contributed by atoms with Gasteiger partial charge >= 0.3 is 0 Å². The summed E-state index contributed by atoms with van der Waals surface area (Å²) < 4.78 is 0. The van der Waals surface area contributed by atoms with E-state index in [-0.39, 0.29) is 11.8 Å². The highest BCUT2D eigenvalue weighted by Crippen LogP contribution is 2.28. The first kappa shape index (κ1) is 20.0. The topological polar surface area (TPSA) is 58.1 Å². The smallest absolute Gasteiger partial charge is 0.229 e. The number of likely N-dealkylation sites (tertiary alicyclic amines) is 1. The molecule has 0 radical (unpaired) electrons. The number of carbonyl (C=O) groups is 1. The van der Waals surface area contributed by atoms with Gasteiger partial charge in [0.05, 0.1) is 0 Å². The largest absolute Gasteiger partial charge is 0.300 e. The summed E-state index contributed by atoms with van der Waals surface area (Å²) in [5.74, 6) is 0.0400. The lowest BCUT2D eigenvalue weighted by Crippen LogP contribution is -2.37. The molecule has 1 N–H and O–H groups in total. The molecule has 4 rings (SSSR count). The van der Waals surface area contributed by atoms with Crippen LogP contribution in [0.2, 0.25) is 5.02 Å². The molecule has 1 aliphatic heterocycles. The number of anilines is 1. The zero-order chi connectivity index (χ0) is 20.2. The Morgan fingerprint density at radius 3 is 2.59 bits per heavy atom. The highest BCUT2D eigenvalue weighted by molar-refractivity contribution is 7.18. The zero-order valence-corrected chi connectivity index (χ0v) is 17.8. The first-order valence-corrected chi connectivity index (χ1v) is 10.9. The molecule has 1 fully saturated rings. The van der Waals surface area contributed by atoms with Gasteiger partial charge in [-0.25, -0.2) is 0 Å². The molecule has 2 aromatic carbocycles. The van der Waals surface area contributed by atoms with Gasteiger partial charge in [0.1, 0.15) is 5.01 Å². The van der Waals surface area contributed by atoms with Crippen LogP contribution in [-0.4, -0.2) is 34.1 Å². The molecule has 5 nitrogen and oxygen atoms in total. The maximum absolute atomic E-state index is 12.7. The number of halogens is 1. The van der Waals surface area contributed by atoms with Gasteiger partial charge in [-0.1, -0.05) is 71.0 Å². The van der Waals surface area contributed by atoms with Crippen LogP contribution in [0.1, 0.15) is 24.0 Å². The van der Waals surface area contributed by atoms with Crippen molar-refractivity contribution in [3.05, 3.63) is 64.7 Å². The Morgan fingerprint density at radius 1 is 1.14 bits per heavy atom. The van der Waals surface area contributed by atoms with Crippen molar-refractivity contribution in [1.82, 2.24) is 15.1 Å². The van der Waals surface area contributed by atoms with E-state index in [0.29, 0.717) is 5.13 Å². The van der Waals surface area contributed by atoms with Crippen LogP contribution in [0.15, 0.2) is 48.5 Å². The van der Waals surface area contributed by atoms with E-state index in [1.165, 1.54) is 16.9 Å². The van der Waals surface area contributed by atoms with Crippen molar-refractivity contribution in [3.8, 4) is 10.6 Å². The summed E-state index contributed by atoms with van der Waals surface area (Å²) in [6.07, 6.45) is 1.67. The minimum atomic E-state index is 0.00391. The van der Waals surface area contributed by atoms with Gasteiger partial charge in [0.15, 0.2) is 0 Å². The lowest BCUT2D eigenvalue weighted by Gasteiger charge is -2.31. The fraction of sp³-hybridized carbons (Fsp3) is 0.318. The first-order valence-electron chi connectivity index (χ1n) is 9.75. The summed E-state index contributed by atoms with van der Waals surface area (Å²) in [6.45, 7) is 4.64. The van der Waals surface area contributed by atoms with Crippen LogP contribution >= 0.6 is 22.9 Å². The number of aryl methyl sites for hydroxylation is 1. The molecular weight excluding hydrogens is 404 g/mol. The summed E-state index contributed by atoms with van der Waals surface area (Å²) in [6, 6.07) is 16.1. The SMILES string of the molecule is Cc1ccc(-c2nnc(NC(=O)C3CCN(Cc4ccccc4Cl)CC3)s2)cc1. The second-order valence-electron chi connectivity index (χ2n) is 7.41. The number of benzene rings is 2. The molecule has 1 aromatic heterocycles. The van der Waals surface area contributed by atoms with Crippen LogP contribution in [0.4, 0.5) is 5.13 Å². The molecule has 0 aliphatic carbocycles. The Hall–Kier alpha value is -2.28. The zero-order valence-electron chi connectivity index (χ0n) is 16.3. The second-order valence-corrected chi connectivity index (χ2v) is 8.79. The molecule has 1 aliphatic rings. The number of amides is 1. The number of piperidine rings is 1. The van der Waals surface area contributed by atoms with Crippen LogP contribution in [0.3, 0.4) is 0 Å². The minimum absolute atomic E-state index is 0.00391. The Labute approximate surface area is 179 Å². The quantitative estimate of drug-likeness (QED) is 0.622. The Balaban J connectivity index is 1.30. The third kappa shape index (κ3) is 5.01. The van der Waals surface area contributed by atoms with E-state index in [0.717, 1.165) is 53.6 Å². The van der Waals surface area contributed by atoms with E-state index < -0.39 is 0 Å². The van der Waals surface area contributed by atoms with E-state index in [2.05, 4.69) is 33.4 Å². The van der Waals surface area contributed by atoms with Crippen LogP contribution < -0.4 is 5.32 Å². The Kier molecular flexibility index (Phi) is 6.23. The highest BCUT2D eigenvalue weighted by atomic mass is 35.5. The first-order chi connectivity index (χ1) is 14.1. The minimum Gasteiger partial charge on any atom is -0.300 e. The van der Waals surface area contributed by atoms with Gasteiger partial charge in [-0.15, -0.1) is 10.2 Å². The lowest BCUT2D eigenvalue weighted by atomic mass is 9.95. The Morgan fingerprint density at radius 2 is 1.86 bits per heavy atom. The average molecular weight is 427 g/mol. The predicted octanol–water partition coefficient (Wildman–Crippen LogP) is 5.02. The number of nitrogens with one attached hydrogen (secondary N) is 1. The third-order valence-corrected chi connectivity index (χ3v) is 6.52. The average Bonchev–Trinajstić information content (AvgIpc) is 3.19. The number of carbonyl (C=O) groups excluding carboxylic acids is 1. The van der Waals surface area contributed by atoms with Crippen LogP contribution in [-0.2, 0) is 11.3 Å².